The molecule has 0 spiro atoms. The van der Waals surface area contributed by atoms with Gasteiger partial charge in [-0.3, -0.25) is 10.1 Å². The Morgan fingerprint density at radius 3 is 2.48 bits per heavy atom. The van der Waals surface area contributed by atoms with Gasteiger partial charge in [0, 0.05) is 16.5 Å². The lowest BCUT2D eigenvalue weighted by Crippen LogP contribution is -2.05. The van der Waals surface area contributed by atoms with Crippen LogP contribution in [0.3, 0.4) is 0 Å². The van der Waals surface area contributed by atoms with E-state index in [4.69, 9.17) is 11.5 Å². The van der Waals surface area contributed by atoms with Crippen LogP contribution in [0.5, 0.6) is 0 Å². The molecule has 0 bridgehead atoms. The van der Waals surface area contributed by atoms with E-state index >= 15 is 0 Å². The van der Waals surface area contributed by atoms with Crippen molar-refractivity contribution in [3.8, 4) is 17.3 Å². The number of nitro benzene ring substituents is 1. The molecule has 134 valence electrons. The van der Waals surface area contributed by atoms with Gasteiger partial charge in [0.1, 0.15) is 23.3 Å². The molecule has 0 aliphatic heterocycles. The number of nitrogens with two attached hydrogens (primary N) is 2. The summed E-state index contributed by atoms with van der Waals surface area (Å²) in [4.78, 5) is 19.7. The summed E-state index contributed by atoms with van der Waals surface area (Å²) in [7, 11) is 0. The Hall–Kier alpha value is -3.71. The molecule has 0 aliphatic rings. The number of benzene rings is 2. The Labute approximate surface area is 156 Å². The first kappa shape index (κ1) is 18.1. The predicted octanol–water partition coefficient (Wildman–Crippen LogP) is 3.38. The fourth-order valence-corrected chi connectivity index (χ4v) is 3.24. The fraction of sp³-hybridized carbons (Fsp3) is 0. The van der Waals surface area contributed by atoms with Crippen molar-refractivity contribution in [3.63, 3.8) is 0 Å². The van der Waals surface area contributed by atoms with Gasteiger partial charge in [-0.1, -0.05) is 17.8 Å². The van der Waals surface area contributed by atoms with Crippen molar-refractivity contribution >= 4 is 29.2 Å². The zero-order valence-electron chi connectivity index (χ0n) is 13.6. The zero-order valence-corrected chi connectivity index (χ0v) is 14.4. The van der Waals surface area contributed by atoms with E-state index in [1.54, 1.807) is 6.07 Å². The molecule has 0 fully saturated rings. The number of anilines is 2. The largest absolute Gasteiger partial charge is 0.382 e. The number of hydrogen-bond donors (Lipinski definition) is 2. The Morgan fingerprint density at radius 1 is 1.15 bits per heavy atom. The summed E-state index contributed by atoms with van der Waals surface area (Å²) in [5.74, 6) is -0.645. The third kappa shape index (κ3) is 3.78. The average molecular weight is 382 g/mol. The third-order valence-corrected chi connectivity index (χ3v) is 4.61. The number of halogens is 1. The van der Waals surface area contributed by atoms with E-state index < -0.39 is 10.7 Å². The van der Waals surface area contributed by atoms with Crippen molar-refractivity contribution in [3.05, 3.63) is 64.0 Å². The second-order valence-electron chi connectivity index (χ2n) is 5.30. The minimum atomic E-state index is -0.546. The van der Waals surface area contributed by atoms with Crippen molar-refractivity contribution in [1.29, 1.82) is 5.26 Å². The van der Waals surface area contributed by atoms with Gasteiger partial charge >= 0.3 is 0 Å². The number of nitrogen functional groups attached to an aromatic ring is 2. The van der Waals surface area contributed by atoms with Crippen LogP contribution in [0.4, 0.5) is 21.8 Å². The van der Waals surface area contributed by atoms with E-state index in [2.05, 4.69) is 9.97 Å². The maximum absolute atomic E-state index is 13.0. The highest BCUT2D eigenvalue weighted by molar-refractivity contribution is 7.99. The van der Waals surface area contributed by atoms with E-state index in [-0.39, 0.29) is 28.7 Å². The highest BCUT2D eigenvalue weighted by Crippen LogP contribution is 2.38. The number of rotatable bonds is 4. The number of nitrogens with zero attached hydrogens (tertiary/aromatic N) is 4. The average Bonchev–Trinajstić information content (AvgIpc) is 2.63. The van der Waals surface area contributed by atoms with Crippen molar-refractivity contribution < 1.29 is 9.31 Å². The normalized spacial score (nSPS) is 10.4. The molecule has 1 aromatic heterocycles. The van der Waals surface area contributed by atoms with E-state index in [0.717, 1.165) is 11.8 Å². The molecule has 27 heavy (non-hydrogen) atoms. The summed E-state index contributed by atoms with van der Waals surface area (Å²) in [5, 5.41) is 20.8. The standard InChI is InChI=1S/C17H11FN6O2S/c18-10-2-4-11(5-3-10)27-14-6-1-9(7-13(14)24(25)26)15-12(8-19)16(20)23-17(21)22-15/h1-7H,(H4,20,21,22,23). The maximum atomic E-state index is 13.0. The zero-order chi connectivity index (χ0) is 19.6. The molecule has 0 amide bonds. The van der Waals surface area contributed by atoms with Crippen LogP contribution in [0, 0.1) is 27.3 Å². The van der Waals surface area contributed by atoms with Gasteiger partial charge in [-0.2, -0.15) is 10.2 Å². The van der Waals surface area contributed by atoms with E-state index in [0.29, 0.717) is 15.4 Å². The van der Waals surface area contributed by atoms with Gasteiger partial charge in [0.25, 0.3) is 5.69 Å². The van der Waals surface area contributed by atoms with Crippen LogP contribution < -0.4 is 11.5 Å². The molecular formula is C17H11FN6O2S. The lowest BCUT2D eigenvalue weighted by atomic mass is 10.1. The van der Waals surface area contributed by atoms with Crippen LogP contribution in [0.2, 0.25) is 0 Å². The van der Waals surface area contributed by atoms with Crippen LogP contribution in [-0.4, -0.2) is 14.9 Å². The summed E-state index contributed by atoms with van der Waals surface area (Å²) in [6, 6.07) is 11.9. The molecule has 3 aromatic rings. The summed E-state index contributed by atoms with van der Waals surface area (Å²) in [5.41, 5.74) is 11.5. The molecule has 0 saturated carbocycles. The Balaban J connectivity index is 2.08. The monoisotopic (exact) mass is 382 g/mol. The molecule has 0 radical (unpaired) electrons. The number of hydrogen-bond acceptors (Lipinski definition) is 8. The van der Waals surface area contributed by atoms with E-state index in [9.17, 15) is 19.8 Å². The summed E-state index contributed by atoms with van der Waals surface area (Å²) in [6.45, 7) is 0. The van der Waals surface area contributed by atoms with Gasteiger partial charge in [0.05, 0.1) is 15.5 Å². The molecule has 3 rings (SSSR count). The van der Waals surface area contributed by atoms with Crippen molar-refractivity contribution in [2.24, 2.45) is 0 Å². The number of nitriles is 1. The first-order chi connectivity index (χ1) is 12.9. The van der Waals surface area contributed by atoms with Crippen molar-refractivity contribution in [2.75, 3.05) is 11.5 Å². The highest BCUT2D eigenvalue weighted by atomic mass is 32.2. The third-order valence-electron chi connectivity index (χ3n) is 3.54. The van der Waals surface area contributed by atoms with Crippen molar-refractivity contribution in [2.45, 2.75) is 9.79 Å². The van der Waals surface area contributed by atoms with Gasteiger partial charge in [0.2, 0.25) is 5.95 Å². The quantitative estimate of drug-likeness (QED) is 0.516. The predicted molar refractivity (Wildman–Crippen MR) is 98.2 cm³/mol. The minimum Gasteiger partial charge on any atom is -0.382 e. The number of aromatic nitrogens is 2. The van der Waals surface area contributed by atoms with Crippen LogP contribution in [0.15, 0.2) is 52.3 Å². The Kier molecular flexibility index (Phi) is 4.87. The molecule has 8 nitrogen and oxygen atoms in total. The van der Waals surface area contributed by atoms with Gasteiger partial charge < -0.3 is 11.5 Å². The van der Waals surface area contributed by atoms with Gasteiger partial charge in [0.15, 0.2) is 0 Å². The summed E-state index contributed by atoms with van der Waals surface area (Å²) < 4.78 is 13.0. The molecular weight excluding hydrogens is 371 g/mol. The Morgan fingerprint density at radius 2 is 1.85 bits per heavy atom. The van der Waals surface area contributed by atoms with Crippen molar-refractivity contribution in [1.82, 2.24) is 9.97 Å². The molecule has 0 unspecified atom stereocenters. The van der Waals surface area contributed by atoms with Crippen LogP contribution >= 0.6 is 11.8 Å². The fourth-order valence-electron chi connectivity index (χ4n) is 2.34. The van der Waals surface area contributed by atoms with Gasteiger partial charge in [-0.25, -0.2) is 9.37 Å². The van der Waals surface area contributed by atoms with Gasteiger partial charge in [-0.15, -0.1) is 0 Å². The van der Waals surface area contributed by atoms with Crippen LogP contribution in [0.1, 0.15) is 5.56 Å². The second kappa shape index (κ2) is 7.27. The highest BCUT2D eigenvalue weighted by Gasteiger charge is 2.20. The SMILES string of the molecule is N#Cc1c(N)nc(N)nc1-c1ccc(Sc2ccc(F)cc2)c([N+](=O)[O-])c1. The van der Waals surface area contributed by atoms with Gasteiger partial charge in [-0.05, 0) is 30.3 Å². The molecule has 10 heteroatoms. The molecule has 2 aromatic carbocycles. The lowest BCUT2D eigenvalue weighted by molar-refractivity contribution is -0.387. The summed E-state index contributed by atoms with van der Waals surface area (Å²) >= 11 is 1.12. The molecule has 1 heterocycles. The summed E-state index contributed by atoms with van der Waals surface area (Å²) in [6.07, 6.45) is 0. The smallest absolute Gasteiger partial charge is 0.283 e. The van der Waals surface area contributed by atoms with E-state index in [1.165, 1.54) is 36.4 Å². The topological polar surface area (TPSA) is 145 Å². The van der Waals surface area contributed by atoms with Crippen LogP contribution in [-0.2, 0) is 0 Å². The first-order valence-corrected chi connectivity index (χ1v) is 8.26. The first-order valence-electron chi connectivity index (χ1n) is 7.44. The maximum Gasteiger partial charge on any atom is 0.283 e. The molecule has 0 aliphatic carbocycles. The second-order valence-corrected chi connectivity index (χ2v) is 6.41. The van der Waals surface area contributed by atoms with Crippen LogP contribution in [0.25, 0.3) is 11.3 Å². The van der Waals surface area contributed by atoms with E-state index in [1.807, 2.05) is 6.07 Å². The molecule has 0 atom stereocenters. The molecule has 4 N–H and O–H groups in total. The number of nitro groups is 1. The molecule has 0 saturated heterocycles. The minimum absolute atomic E-state index is 0.0163. The lowest BCUT2D eigenvalue weighted by Gasteiger charge is -2.08. The Bertz CT molecular complexity index is 1080.